The third kappa shape index (κ3) is 5.49. The fourth-order valence-electron chi connectivity index (χ4n) is 0.782. The Bertz CT molecular complexity index is 348. The number of aromatic nitrogens is 1. The van der Waals surface area contributed by atoms with Gasteiger partial charge in [0.25, 0.3) is 0 Å². The van der Waals surface area contributed by atoms with Crippen LogP contribution in [0, 0.1) is 0 Å². The van der Waals surface area contributed by atoms with Crippen LogP contribution in [0.2, 0.25) is 0 Å². The average molecular weight is 273 g/mol. The maximum Gasteiger partial charge on any atom is 0.145 e. The Hall–Kier alpha value is -0.940. The van der Waals surface area contributed by atoms with Crippen LogP contribution < -0.4 is 0 Å². The zero-order valence-corrected chi connectivity index (χ0v) is 10.2. The zero-order valence-electron chi connectivity index (χ0n) is 8.64. The molecule has 0 spiro atoms. The van der Waals surface area contributed by atoms with Crippen molar-refractivity contribution >= 4 is 22.1 Å². The minimum atomic E-state index is -0.873. The maximum absolute atomic E-state index is 9.34. The molecule has 0 saturated carbocycles. The van der Waals surface area contributed by atoms with E-state index in [1.54, 1.807) is 13.8 Å². The first-order chi connectivity index (χ1) is 6.97. The van der Waals surface area contributed by atoms with E-state index in [0.29, 0.717) is 5.69 Å². The molecule has 1 N–H and O–H groups in total. The molecule has 0 atom stereocenters. The molecule has 4 nitrogen and oxygen atoms in total. The first-order valence-electron chi connectivity index (χ1n) is 4.48. The Balaban J connectivity index is 2.45. The monoisotopic (exact) mass is 272 g/mol. The van der Waals surface area contributed by atoms with Gasteiger partial charge in [0.2, 0.25) is 0 Å². The van der Waals surface area contributed by atoms with Gasteiger partial charge in [-0.2, -0.15) is 0 Å². The highest BCUT2D eigenvalue weighted by Gasteiger charge is 2.12. The van der Waals surface area contributed by atoms with E-state index < -0.39 is 5.60 Å². The molecule has 1 heterocycles. The molecular formula is C10H13BrN2O2. The van der Waals surface area contributed by atoms with Crippen molar-refractivity contribution in [3.8, 4) is 0 Å². The van der Waals surface area contributed by atoms with Gasteiger partial charge < -0.3 is 9.94 Å². The second kappa shape index (κ2) is 5.23. The van der Waals surface area contributed by atoms with E-state index in [0.717, 1.165) is 4.60 Å². The van der Waals surface area contributed by atoms with Gasteiger partial charge in [0, 0.05) is 0 Å². The van der Waals surface area contributed by atoms with Crippen LogP contribution in [0.1, 0.15) is 19.5 Å². The average Bonchev–Trinajstić information content (AvgIpc) is 2.11. The van der Waals surface area contributed by atoms with Gasteiger partial charge in [0.05, 0.1) is 17.5 Å². The highest BCUT2D eigenvalue weighted by Crippen LogP contribution is 2.05. The fourth-order valence-corrected chi connectivity index (χ4v) is 1.14. The molecule has 82 valence electrons. The van der Waals surface area contributed by atoms with Crippen molar-refractivity contribution in [3.63, 3.8) is 0 Å². The third-order valence-corrected chi connectivity index (χ3v) is 1.86. The van der Waals surface area contributed by atoms with Gasteiger partial charge in [-0.05, 0) is 41.9 Å². The lowest BCUT2D eigenvalue weighted by atomic mass is 10.2. The number of hydrogen-bond acceptors (Lipinski definition) is 4. The van der Waals surface area contributed by atoms with Crippen LogP contribution in [0.25, 0.3) is 0 Å². The molecular weight excluding hydrogens is 260 g/mol. The van der Waals surface area contributed by atoms with Crippen molar-refractivity contribution in [2.75, 3.05) is 6.61 Å². The summed E-state index contributed by atoms with van der Waals surface area (Å²) in [6, 6.07) is 5.49. The van der Waals surface area contributed by atoms with E-state index in [-0.39, 0.29) is 6.61 Å². The lowest BCUT2D eigenvalue weighted by Crippen LogP contribution is -2.24. The van der Waals surface area contributed by atoms with E-state index in [4.69, 9.17) is 4.84 Å². The molecule has 0 amide bonds. The van der Waals surface area contributed by atoms with E-state index in [1.807, 2.05) is 18.2 Å². The van der Waals surface area contributed by atoms with Gasteiger partial charge in [-0.3, -0.25) is 0 Å². The number of aliphatic hydroxyl groups is 1. The standard InChI is InChI=1S/C10H13BrN2O2/c1-10(2,14)7-15-12-6-8-4-3-5-9(11)13-8/h3-6,14H,7H2,1-2H3/b12-6+. The second-order valence-electron chi connectivity index (χ2n) is 3.71. The smallest absolute Gasteiger partial charge is 0.145 e. The van der Waals surface area contributed by atoms with E-state index in [2.05, 4.69) is 26.1 Å². The Labute approximate surface area is 97.1 Å². The molecule has 0 bridgehead atoms. The van der Waals surface area contributed by atoms with Crippen molar-refractivity contribution < 1.29 is 9.94 Å². The molecule has 0 aliphatic rings. The molecule has 1 aromatic heterocycles. The SMILES string of the molecule is CC(C)(O)CO/N=C/c1cccc(Br)n1. The highest BCUT2D eigenvalue weighted by atomic mass is 79.9. The molecule has 0 saturated heterocycles. The largest absolute Gasteiger partial charge is 0.393 e. The van der Waals surface area contributed by atoms with Crippen LogP contribution in [0.4, 0.5) is 0 Å². The molecule has 1 rings (SSSR count). The molecule has 0 aliphatic heterocycles. The summed E-state index contributed by atoms with van der Waals surface area (Å²) in [4.78, 5) is 9.04. The van der Waals surface area contributed by atoms with Crippen LogP contribution in [-0.4, -0.2) is 28.5 Å². The third-order valence-electron chi connectivity index (χ3n) is 1.41. The molecule has 0 radical (unpaired) electrons. The van der Waals surface area contributed by atoms with Crippen molar-refractivity contribution in [1.82, 2.24) is 4.98 Å². The number of nitrogens with zero attached hydrogens (tertiary/aromatic N) is 2. The number of halogens is 1. The Morgan fingerprint density at radius 2 is 2.33 bits per heavy atom. The van der Waals surface area contributed by atoms with Gasteiger partial charge in [-0.15, -0.1) is 0 Å². The van der Waals surface area contributed by atoms with Crippen LogP contribution in [0.3, 0.4) is 0 Å². The lowest BCUT2D eigenvalue weighted by molar-refractivity contribution is -0.0185. The minimum Gasteiger partial charge on any atom is -0.393 e. The Morgan fingerprint density at radius 1 is 1.60 bits per heavy atom. The van der Waals surface area contributed by atoms with Gasteiger partial charge in [-0.1, -0.05) is 11.2 Å². The van der Waals surface area contributed by atoms with Crippen LogP contribution >= 0.6 is 15.9 Å². The normalized spacial score (nSPS) is 12.0. The predicted octanol–water partition coefficient (Wildman–Crippen LogP) is 1.97. The van der Waals surface area contributed by atoms with E-state index >= 15 is 0 Å². The topological polar surface area (TPSA) is 54.7 Å². The molecule has 0 aromatic carbocycles. The van der Waals surface area contributed by atoms with Crippen LogP contribution in [0.5, 0.6) is 0 Å². The molecule has 1 aromatic rings. The van der Waals surface area contributed by atoms with Crippen molar-refractivity contribution in [2.45, 2.75) is 19.4 Å². The number of hydrogen-bond donors (Lipinski definition) is 1. The van der Waals surface area contributed by atoms with Crippen LogP contribution in [0.15, 0.2) is 28.0 Å². The number of oxime groups is 1. The first kappa shape index (κ1) is 12.1. The predicted molar refractivity (Wildman–Crippen MR) is 61.8 cm³/mol. The van der Waals surface area contributed by atoms with Crippen molar-refractivity contribution in [3.05, 3.63) is 28.5 Å². The second-order valence-corrected chi connectivity index (χ2v) is 4.52. The quantitative estimate of drug-likeness (QED) is 0.518. The number of pyridine rings is 1. The maximum atomic E-state index is 9.34. The summed E-state index contributed by atoms with van der Waals surface area (Å²) >= 11 is 3.25. The zero-order chi connectivity index (χ0) is 11.3. The highest BCUT2D eigenvalue weighted by molar-refractivity contribution is 9.10. The summed E-state index contributed by atoms with van der Waals surface area (Å²) in [6.07, 6.45) is 1.50. The number of rotatable bonds is 4. The summed E-state index contributed by atoms with van der Waals surface area (Å²) in [5, 5.41) is 13.0. The molecule has 0 unspecified atom stereocenters. The van der Waals surface area contributed by atoms with Crippen molar-refractivity contribution in [2.24, 2.45) is 5.16 Å². The Kier molecular flexibility index (Phi) is 4.23. The Morgan fingerprint density at radius 3 is 2.93 bits per heavy atom. The molecule has 15 heavy (non-hydrogen) atoms. The van der Waals surface area contributed by atoms with Crippen molar-refractivity contribution in [1.29, 1.82) is 0 Å². The van der Waals surface area contributed by atoms with Crippen LogP contribution in [-0.2, 0) is 4.84 Å². The molecule has 5 heteroatoms. The minimum absolute atomic E-state index is 0.150. The molecule has 0 aliphatic carbocycles. The van der Waals surface area contributed by atoms with Gasteiger partial charge in [0.15, 0.2) is 0 Å². The van der Waals surface area contributed by atoms with Gasteiger partial charge in [-0.25, -0.2) is 4.98 Å². The molecule has 0 fully saturated rings. The first-order valence-corrected chi connectivity index (χ1v) is 5.27. The summed E-state index contributed by atoms with van der Waals surface area (Å²) in [7, 11) is 0. The van der Waals surface area contributed by atoms with Gasteiger partial charge >= 0.3 is 0 Å². The summed E-state index contributed by atoms with van der Waals surface area (Å²) in [6.45, 7) is 3.46. The lowest BCUT2D eigenvalue weighted by Gasteiger charge is -2.13. The summed E-state index contributed by atoms with van der Waals surface area (Å²) < 4.78 is 0.744. The summed E-state index contributed by atoms with van der Waals surface area (Å²) in [5.74, 6) is 0. The fraction of sp³-hybridized carbons (Fsp3) is 0.400. The van der Waals surface area contributed by atoms with E-state index in [9.17, 15) is 5.11 Å². The van der Waals surface area contributed by atoms with E-state index in [1.165, 1.54) is 6.21 Å². The van der Waals surface area contributed by atoms with Gasteiger partial charge in [0.1, 0.15) is 11.2 Å². The summed E-state index contributed by atoms with van der Waals surface area (Å²) in [5.41, 5.74) is -0.178.